The Morgan fingerprint density at radius 3 is 2.69 bits per heavy atom. The number of benzene rings is 2. The summed E-state index contributed by atoms with van der Waals surface area (Å²) >= 11 is 1.37. The number of carbonyl (C=O) groups excluding carboxylic acids is 1. The van der Waals surface area contributed by atoms with Crippen LogP contribution in [-0.2, 0) is 0 Å². The normalized spacial score (nSPS) is 10.8. The highest BCUT2D eigenvalue weighted by molar-refractivity contribution is 7.13. The lowest BCUT2D eigenvalue weighted by Crippen LogP contribution is -2.20. The predicted molar refractivity (Wildman–Crippen MR) is 102 cm³/mol. The second-order valence-corrected chi connectivity index (χ2v) is 6.52. The average molecular weight is 363 g/mol. The third kappa shape index (κ3) is 2.84. The molecule has 0 aliphatic rings. The molecule has 128 valence electrons. The number of nitrogens with zero attached hydrogens (tertiary/aromatic N) is 1. The van der Waals surface area contributed by atoms with Crippen molar-refractivity contribution in [3.8, 4) is 16.5 Å². The molecule has 4 aromatic rings. The second kappa shape index (κ2) is 6.45. The fraction of sp³-hybridized carbons (Fsp3) is 0. The summed E-state index contributed by atoms with van der Waals surface area (Å²) in [5.74, 6) is -1.11. The summed E-state index contributed by atoms with van der Waals surface area (Å²) in [6, 6.07) is 16.7. The Labute approximate surface area is 151 Å². The van der Waals surface area contributed by atoms with E-state index < -0.39 is 17.2 Å². The van der Waals surface area contributed by atoms with E-state index >= 15 is 0 Å². The monoisotopic (exact) mass is 363 g/mol. The van der Waals surface area contributed by atoms with Crippen molar-refractivity contribution in [2.75, 3.05) is 5.32 Å². The third-order valence-electron chi connectivity index (χ3n) is 3.90. The highest BCUT2D eigenvalue weighted by Crippen LogP contribution is 2.25. The fourth-order valence-corrected chi connectivity index (χ4v) is 3.34. The molecule has 0 bridgehead atoms. The Morgan fingerprint density at radius 1 is 1.08 bits per heavy atom. The van der Waals surface area contributed by atoms with Crippen LogP contribution in [0.3, 0.4) is 0 Å². The Kier molecular flexibility index (Phi) is 3.98. The predicted octanol–water partition coefficient (Wildman–Crippen LogP) is 3.61. The first kappa shape index (κ1) is 16.0. The molecule has 7 heteroatoms. The van der Waals surface area contributed by atoms with Crippen molar-refractivity contribution in [1.82, 2.24) is 9.97 Å². The van der Waals surface area contributed by atoms with Crippen molar-refractivity contribution >= 4 is 33.7 Å². The Bertz CT molecular complexity index is 1160. The van der Waals surface area contributed by atoms with E-state index in [0.29, 0.717) is 10.6 Å². The zero-order chi connectivity index (χ0) is 18.1. The van der Waals surface area contributed by atoms with Gasteiger partial charge in [-0.1, -0.05) is 42.5 Å². The van der Waals surface area contributed by atoms with Gasteiger partial charge in [-0.15, -0.1) is 11.3 Å². The summed E-state index contributed by atoms with van der Waals surface area (Å²) < 4.78 is 0. The number of aromatic hydroxyl groups is 1. The molecular weight excluding hydrogens is 350 g/mol. The van der Waals surface area contributed by atoms with E-state index in [1.807, 2.05) is 47.8 Å². The van der Waals surface area contributed by atoms with Crippen molar-refractivity contribution in [3.05, 3.63) is 76.0 Å². The van der Waals surface area contributed by atoms with E-state index in [4.69, 9.17) is 0 Å². The number of thiophene rings is 1. The number of H-pyrrole nitrogens is 1. The molecule has 0 unspecified atom stereocenters. The molecule has 0 saturated heterocycles. The van der Waals surface area contributed by atoms with E-state index in [9.17, 15) is 14.7 Å². The van der Waals surface area contributed by atoms with Gasteiger partial charge in [-0.05, 0) is 22.9 Å². The molecule has 0 radical (unpaired) electrons. The molecule has 0 saturated carbocycles. The second-order valence-electron chi connectivity index (χ2n) is 5.57. The average Bonchev–Trinajstić information content (AvgIpc) is 3.19. The summed E-state index contributed by atoms with van der Waals surface area (Å²) in [5.41, 5.74) is -0.496. The van der Waals surface area contributed by atoms with E-state index in [1.54, 1.807) is 12.1 Å². The maximum absolute atomic E-state index is 12.7. The number of hydrogen-bond acceptors (Lipinski definition) is 5. The first-order valence-electron chi connectivity index (χ1n) is 7.80. The van der Waals surface area contributed by atoms with Crippen molar-refractivity contribution < 1.29 is 9.90 Å². The lowest BCUT2D eigenvalue weighted by Gasteiger charge is -2.09. The molecule has 26 heavy (non-hydrogen) atoms. The highest BCUT2D eigenvalue weighted by Gasteiger charge is 2.19. The van der Waals surface area contributed by atoms with E-state index in [0.717, 1.165) is 10.8 Å². The Morgan fingerprint density at radius 2 is 1.88 bits per heavy atom. The molecule has 2 heterocycles. The van der Waals surface area contributed by atoms with Crippen LogP contribution in [0.1, 0.15) is 10.5 Å². The lowest BCUT2D eigenvalue weighted by molar-refractivity contribution is 0.101. The third-order valence-corrected chi connectivity index (χ3v) is 4.78. The quantitative estimate of drug-likeness (QED) is 0.518. The zero-order valence-electron chi connectivity index (χ0n) is 13.4. The molecule has 0 atom stereocenters. The van der Waals surface area contributed by atoms with Gasteiger partial charge in [0, 0.05) is 11.1 Å². The van der Waals surface area contributed by atoms with Gasteiger partial charge in [-0.2, -0.15) is 0 Å². The molecule has 3 N–H and O–H groups in total. The number of amides is 1. The van der Waals surface area contributed by atoms with Gasteiger partial charge in [-0.3, -0.25) is 9.59 Å². The number of carbonyl (C=O) groups is 1. The van der Waals surface area contributed by atoms with Gasteiger partial charge in [0.15, 0.2) is 11.5 Å². The molecule has 6 nitrogen and oxygen atoms in total. The van der Waals surface area contributed by atoms with Crippen LogP contribution in [0.15, 0.2) is 64.8 Å². The van der Waals surface area contributed by atoms with Crippen LogP contribution in [0.25, 0.3) is 21.5 Å². The minimum atomic E-state index is -0.758. The Balaban J connectivity index is 1.75. The molecule has 1 amide bonds. The van der Waals surface area contributed by atoms with Gasteiger partial charge in [0.1, 0.15) is 0 Å². The molecule has 0 spiro atoms. The van der Waals surface area contributed by atoms with Gasteiger partial charge in [-0.25, -0.2) is 4.98 Å². The number of hydrogen-bond donors (Lipinski definition) is 3. The van der Waals surface area contributed by atoms with Gasteiger partial charge in [0.2, 0.25) is 5.75 Å². The standard InChI is InChI=1S/C19H13N3O3S/c23-16-15(21-17(22-19(16)25)14-9-4-10-26-14)18(24)20-13-8-3-6-11-5-1-2-7-12(11)13/h1-10,23H,(H,20,24)(H,21,22,25). The summed E-state index contributed by atoms with van der Waals surface area (Å²) in [6.45, 7) is 0. The maximum atomic E-state index is 12.7. The van der Waals surface area contributed by atoms with Crippen LogP contribution in [0.2, 0.25) is 0 Å². The van der Waals surface area contributed by atoms with Crippen molar-refractivity contribution in [1.29, 1.82) is 0 Å². The summed E-state index contributed by atoms with van der Waals surface area (Å²) in [5, 5.41) is 16.4. The van der Waals surface area contributed by atoms with Crippen LogP contribution >= 0.6 is 11.3 Å². The van der Waals surface area contributed by atoms with E-state index in [-0.39, 0.29) is 11.5 Å². The SMILES string of the molecule is O=C(Nc1cccc2ccccc12)c1nc(-c2cccs2)[nH]c(=O)c1O. The van der Waals surface area contributed by atoms with Crippen LogP contribution in [0.5, 0.6) is 5.75 Å². The topological polar surface area (TPSA) is 95.1 Å². The smallest absolute Gasteiger partial charge is 0.294 e. The minimum Gasteiger partial charge on any atom is -0.501 e. The zero-order valence-corrected chi connectivity index (χ0v) is 14.2. The highest BCUT2D eigenvalue weighted by atomic mass is 32.1. The number of fused-ring (bicyclic) bond motifs is 1. The summed E-state index contributed by atoms with van der Waals surface area (Å²) in [6.07, 6.45) is 0. The van der Waals surface area contributed by atoms with Gasteiger partial charge < -0.3 is 15.4 Å². The van der Waals surface area contributed by atoms with E-state index in [2.05, 4.69) is 15.3 Å². The first-order chi connectivity index (χ1) is 12.6. The molecule has 4 rings (SSSR count). The number of nitrogens with one attached hydrogen (secondary N) is 2. The van der Waals surface area contributed by atoms with Gasteiger partial charge in [0.05, 0.1) is 4.88 Å². The molecular formula is C19H13N3O3S. The largest absolute Gasteiger partial charge is 0.501 e. The van der Waals surface area contributed by atoms with Crippen LogP contribution in [-0.4, -0.2) is 21.0 Å². The van der Waals surface area contributed by atoms with Crippen LogP contribution in [0, 0.1) is 0 Å². The number of aromatic amines is 1. The van der Waals surface area contributed by atoms with Gasteiger partial charge in [0.25, 0.3) is 11.5 Å². The Hall–Kier alpha value is -3.45. The van der Waals surface area contributed by atoms with Crippen molar-refractivity contribution in [2.45, 2.75) is 0 Å². The molecule has 0 fully saturated rings. The number of aromatic nitrogens is 2. The van der Waals surface area contributed by atoms with Crippen molar-refractivity contribution in [3.63, 3.8) is 0 Å². The summed E-state index contributed by atoms with van der Waals surface area (Å²) in [7, 11) is 0. The molecule has 0 aliphatic carbocycles. The summed E-state index contributed by atoms with van der Waals surface area (Å²) in [4.78, 5) is 32.0. The number of anilines is 1. The molecule has 0 aliphatic heterocycles. The lowest BCUT2D eigenvalue weighted by atomic mass is 10.1. The van der Waals surface area contributed by atoms with Crippen molar-refractivity contribution in [2.24, 2.45) is 0 Å². The minimum absolute atomic E-state index is 0.242. The molecule has 2 aromatic heterocycles. The molecule has 2 aromatic carbocycles. The van der Waals surface area contributed by atoms with Crippen LogP contribution < -0.4 is 10.9 Å². The van der Waals surface area contributed by atoms with Crippen LogP contribution in [0.4, 0.5) is 5.69 Å². The fourth-order valence-electron chi connectivity index (χ4n) is 2.67. The van der Waals surface area contributed by atoms with E-state index in [1.165, 1.54) is 11.3 Å². The first-order valence-corrected chi connectivity index (χ1v) is 8.68. The van der Waals surface area contributed by atoms with Gasteiger partial charge >= 0.3 is 0 Å². The maximum Gasteiger partial charge on any atom is 0.294 e. The number of rotatable bonds is 3.